The summed E-state index contributed by atoms with van der Waals surface area (Å²) in [4.78, 5) is 4.52. The number of hydrogen-bond donors (Lipinski definition) is 2. The SMILES string of the molecule is Cc1nc(CC(O)[C@H]2CC[C@H]3[C@@H]4CC[C@@H]5C[C@](C)(O)CC[C@@H]5[C@H]4CC[C@]23C)oc1C. The zero-order chi connectivity index (χ0) is 21.3. The van der Waals surface area contributed by atoms with Crippen molar-refractivity contribution in [2.45, 2.75) is 104 Å². The maximum Gasteiger partial charge on any atom is 0.197 e. The van der Waals surface area contributed by atoms with Gasteiger partial charge in [0.15, 0.2) is 5.89 Å². The van der Waals surface area contributed by atoms with Crippen molar-refractivity contribution in [2.75, 3.05) is 0 Å². The van der Waals surface area contributed by atoms with Crippen LogP contribution in [0.25, 0.3) is 0 Å². The van der Waals surface area contributed by atoms with Crippen molar-refractivity contribution in [3.63, 3.8) is 0 Å². The fraction of sp³-hybridized carbons (Fsp3) is 0.885. The average Bonchev–Trinajstić information content (AvgIpc) is 3.19. The second-order valence-electron chi connectivity index (χ2n) is 11.9. The molecule has 4 heteroatoms. The molecule has 30 heavy (non-hydrogen) atoms. The summed E-state index contributed by atoms with van der Waals surface area (Å²) in [5.74, 6) is 5.94. The van der Waals surface area contributed by atoms with Crippen LogP contribution < -0.4 is 0 Å². The van der Waals surface area contributed by atoms with E-state index in [0.717, 1.165) is 60.3 Å². The van der Waals surface area contributed by atoms with Gasteiger partial charge in [0, 0.05) is 0 Å². The molecule has 168 valence electrons. The van der Waals surface area contributed by atoms with Crippen molar-refractivity contribution < 1.29 is 14.6 Å². The minimum Gasteiger partial charge on any atom is -0.446 e. The van der Waals surface area contributed by atoms with Crippen LogP contribution in [0.1, 0.15) is 89.0 Å². The van der Waals surface area contributed by atoms with E-state index in [0.29, 0.717) is 18.2 Å². The van der Waals surface area contributed by atoms with Crippen molar-refractivity contribution >= 4 is 0 Å². The first-order chi connectivity index (χ1) is 14.2. The monoisotopic (exact) mass is 415 g/mol. The molecule has 5 rings (SSSR count). The number of aromatic nitrogens is 1. The summed E-state index contributed by atoms with van der Waals surface area (Å²) >= 11 is 0. The topological polar surface area (TPSA) is 66.5 Å². The van der Waals surface area contributed by atoms with Gasteiger partial charge in [0.05, 0.1) is 23.8 Å². The Bertz CT molecular complexity index is 766. The van der Waals surface area contributed by atoms with Gasteiger partial charge in [-0.25, -0.2) is 4.98 Å². The molecule has 0 bridgehead atoms. The summed E-state index contributed by atoms with van der Waals surface area (Å²) in [5, 5.41) is 21.8. The fourth-order valence-electron chi connectivity index (χ4n) is 8.70. The van der Waals surface area contributed by atoms with Gasteiger partial charge in [0.2, 0.25) is 0 Å². The summed E-state index contributed by atoms with van der Waals surface area (Å²) in [6.07, 6.45) is 11.0. The van der Waals surface area contributed by atoms with Gasteiger partial charge in [-0.2, -0.15) is 0 Å². The third kappa shape index (κ3) is 3.37. The van der Waals surface area contributed by atoms with Crippen LogP contribution in [-0.2, 0) is 6.42 Å². The second kappa shape index (κ2) is 7.33. The van der Waals surface area contributed by atoms with Crippen molar-refractivity contribution in [2.24, 2.45) is 40.9 Å². The molecule has 0 aromatic carbocycles. The lowest BCUT2D eigenvalue weighted by molar-refractivity contribution is -0.108. The Morgan fingerprint density at radius 1 is 1.00 bits per heavy atom. The molecular formula is C26H41NO3. The Morgan fingerprint density at radius 3 is 2.50 bits per heavy atom. The van der Waals surface area contributed by atoms with Crippen LogP contribution in [0.4, 0.5) is 0 Å². The molecule has 0 aliphatic heterocycles. The van der Waals surface area contributed by atoms with Crippen LogP contribution in [0, 0.1) is 54.8 Å². The zero-order valence-electron chi connectivity index (χ0n) is 19.4. The third-order valence-electron chi connectivity index (χ3n) is 10.2. The molecule has 1 aromatic heterocycles. The summed E-state index contributed by atoms with van der Waals surface area (Å²) < 4.78 is 5.78. The predicted octanol–water partition coefficient (Wildman–Crippen LogP) is 5.21. The predicted molar refractivity (Wildman–Crippen MR) is 117 cm³/mol. The smallest absolute Gasteiger partial charge is 0.197 e. The molecule has 0 amide bonds. The molecule has 4 saturated carbocycles. The van der Waals surface area contributed by atoms with Gasteiger partial charge in [-0.15, -0.1) is 0 Å². The molecule has 1 aromatic rings. The second-order valence-corrected chi connectivity index (χ2v) is 11.9. The highest BCUT2D eigenvalue weighted by Crippen LogP contribution is 2.65. The van der Waals surface area contributed by atoms with Crippen molar-refractivity contribution in [1.29, 1.82) is 0 Å². The van der Waals surface area contributed by atoms with Crippen LogP contribution in [0.3, 0.4) is 0 Å². The Balaban J connectivity index is 1.30. The molecule has 1 heterocycles. The summed E-state index contributed by atoms with van der Waals surface area (Å²) in [6.45, 7) is 8.46. The number of aryl methyl sites for hydroxylation is 2. The van der Waals surface area contributed by atoms with Crippen LogP contribution >= 0.6 is 0 Å². The molecule has 0 spiro atoms. The number of aliphatic hydroxyl groups excluding tert-OH is 1. The van der Waals surface area contributed by atoms with Gasteiger partial charge in [-0.1, -0.05) is 6.92 Å². The Hall–Kier alpha value is -0.870. The molecule has 4 aliphatic carbocycles. The Kier molecular flexibility index (Phi) is 5.13. The Morgan fingerprint density at radius 2 is 1.77 bits per heavy atom. The molecular weight excluding hydrogens is 374 g/mol. The molecule has 0 radical (unpaired) electrons. The normalized spacial score (nSPS) is 46.7. The first kappa shape index (κ1) is 21.0. The Labute approximate surface area is 181 Å². The number of oxazole rings is 1. The van der Waals surface area contributed by atoms with E-state index in [1.54, 1.807) is 0 Å². The maximum absolute atomic E-state index is 11.2. The van der Waals surface area contributed by atoms with Crippen LogP contribution in [0.5, 0.6) is 0 Å². The molecule has 9 atom stereocenters. The van der Waals surface area contributed by atoms with Gasteiger partial charge in [-0.3, -0.25) is 0 Å². The van der Waals surface area contributed by atoms with E-state index in [1.807, 2.05) is 20.8 Å². The van der Waals surface area contributed by atoms with Crippen molar-refractivity contribution in [3.05, 3.63) is 17.3 Å². The first-order valence-electron chi connectivity index (χ1n) is 12.5. The van der Waals surface area contributed by atoms with E-state index in [4.69, 9.17) is 4.42 Å². The molecule has 4 nitrogen and oxygen atoms in total. The minimum atomic E-state index is -0.434. The lowest BCUT2D eigenvalue weighted by atomic mass is 9.49. The van der Waals surface area contributed by atoms with Gasteiger partial charge < -0.3 is 14.6 Å². The number of fused-ring (bicyclic) bond motifs is 5. The zero-order valence-corrected chi connectivity index (χ0v) is 19.4. The average molecular weight is 416 g/mol. The minimum absolute atomic E-state index is 0.254. The van der Waals surface area contributed by atoms with Gasteiger partial charge in [0.25, 0.3) is 0 Å². The quantitative estimate of drug-likeness (QED) is 0.711. The highest BCUT2D eigenvalue weighted by Gasteiger charge is 2.58. The van der Waals surface area contributed by atoms with Gasteiger partial charge in [0.1, 0.15) is 5.76 Å². The van der Waals surface area contributed by atoms with Crippen molar-refractivity contribution in [3.8, 4) is 0 Å². The molecule has 2 N–H and O–H groups in total. The highest BCUT2D eigenvalue weighted by molar-refractivity contribution is 5.10. The fourth-order valence-corrected chi connectivity index (χ4v) is 8.70. The van der Waals surface area contributed by atoms with E-state index in [-0.39, 0.29) is 11.5 Å². The molecule has 4 aliphatic rings. The van der Waals surface area contributed by atoms with E-state index in [1.165, 1.54) is 38.5 Å². The number of hydrogen-bond acceptors (Lipinski definition) is 4. The summed E-state index contributed by atoms with van der Waals surface area (Å²) in [6, 6.07) is 0. The van der Waals surface area contributed by atoms with Gasteiger partial charge in [-0.05, 0) is 119 Å². The standard InChI is InChI=1S/C26H41NO3/c1-15-16(2)30-24(27-15)13-23(28)22-8-7-21-20-6-5-17-14-25(3,29)11-9-18(17)19(20)10-12-26(21,22)4/h17-23,28-29H,5-14H2,1-4H3/t17-,18+,19-,20-,21+,22-,23?,25-,26+/m1/s1. The van der Waals surface area contributed by atoms with E-state index >= 15 is 0 Å². The molecule has 1 unspecified atom stereocenters. The first-order valence-corrected chi connectivity index (χ1v) is 12.5. The molecule has 4 fully saturated rings. The van der Waals surface area contributed by atoms with E-state index in [2.05, 4.69) is 11.9 Å². The van der Waals surface area contributed by atoms with Crippen LogP contribution in [0.15, 0.2) is 4.42 Å². The van der Waals surface area contributed by atoms with E-state index < -0.39 is 5.60 Å². The maximum atomic E-state index is 11.2. The number of nitrogens with zero attached hydrogens (tertiary/aromatic N) is 1. The van der Waals surface area contributed by atoms with Crippen LogP contribution in [-0.4, -0.2) is 26.9 Å². The lowest BCUT2D eigenvalue weighted by Crippen LogP contribution is -2.51. The van der Waals surface area contributed by atoms with Crippen LogP contribution in [0.2, 0.25) is 0 Å². The lowest BCUT2D eigenvalue weighted by Gasteiger charge is -2.57. The number of aliphatic hydroxyl groups is 2. The molecule has 0 saturated heterocycles. The largest absolute Gasteiger partial charge is 0.446 e. The van der Waals surface area contributed by atoms with Gasteiger partial charge >= 0.3 is 0 Å². The third-order valence-corrected chi connectivity index (χ3v) is 10.2. The number of rotatable bonds is 3. The van der Waals surface area contributed by atoms with Crippen molar-refractivity contribution in [1.82, 2.24) is 4.98 Å². The summed E-state index contributed by atoms with van der Waals surface area (Å²) in [7, 11) is 0. The summed E-state index contributed by atoms with van der Waals surface area (Å²) in [5.41, 5.74) is 0.761. The highest BCUT2D eigenvalue weighted by atomic mass is 16.4. The van der Waals surface area contributed by atoms with E-state index in [9.17, 15) is 10.2 Å².